The molecule has 0 unspecified atom stereocenters. The largest absolute Gasteiger partial charge is 0.370 e. The summed E-state index contributed by atoms with van der Waals surface area (Å²) in [7, 11) is -3.71. The molecule has 1 amide bonds. The molecule has 2 aromatic rings. The Morgan fingerprint density at radius 3 is 2.56 bits per heavy atom. The zero-order chi connectivity index (χ0) is 18.9. The number of nitrogens with zero attached hydrogens (tertiary/aromatic N) is 1. The summed E-state index contributed by atoms with van der Waals surface area (Å²) in [6.07, 6.45) is 4.39. The SMILES string of the molecule is O=C1CCc2cc(S(=O)(=O)Nc3ccccc3N3CCCCC3)ccc2N1. The van der Waals surface area contributed by atoms with Gasteiger partial charge < -0.3 is 10.2 Å². The van der Waals surface area contributed by atoms with Crippen LogP contribution >= 0.6 is 0 Å². The lowest BCUT2D eigenvalue weighted by Crippen LogP contribution is -2.30. The highest BCUT2D eigenvalue weighted by molar-refractivity contribution is 7.92. The number of carbonyl (C=O) groups is 1. The van der Waals surface area contributed by atoms with Gasteiger partial charge in [0.25, 0.3) is 10.0 Å². The summed E-state index contributed by atoms with van der Waals surface area (Å²) in [6.45, 7) is 1.88. The molecule has 1 saturated heterocycles. The smallest absolute Gasteiger partial charge is 0.261 e. The van der Waals surface area contributed by atoms with Gasteiger partial charge in [-0.05, 0) is 61.6 Å². The van der Waals surface area contributed by atoms with Gasteiger partial charge in [0.2, 0.25) is 5.91 Å². The molecule has 27 heavy (non-hydrogen) atoms. The fourth-order valence-electron chi connectivity index (χ4n) is 3.70. The first-order chi connectivity index (χ1) is 13.0. The van der Waals surface area contributed by atoms with Crippen molar-refractivity contribution in [3.63, 3.8) is 0 Å². The molecule has 2 aliphatic rings. The Morgan fingerprint density at radius 1 is 0.963 bits per heavy atom. The number of anilines is 3. The lowest BCUT2D eigenvalue weighted by atomic mass is 10.0. The van der Waals surface area contributed by atoms with Gasteiger partial charge in [-0.3, -0.25) is 9.52 Å². The maximum Gasteiger partial charge on any atom is 0.261 e. The minimum Gasteiger partial charge on any atom is -0.370 e. The molecule has 2 N–H and O–H groups in total. The molecule has 0 bridgehead atoms. The monoisotopic (exact) mass is 385 g/mol. The third-order valence-electron chi connectivity index (χ3n) is 5.13. The first kappa shape index (κ1) is 17.9. The average Bonchev–Trinajstić information content (AvgIpc) is 2.68. The highest BCUT2D eigenvalue weighted by Gasteiger charge is 2.22. The Kier molecular flexibility index (Phi) is 4.78. The molecule has 0 saturated carbocycles. The molecule has 4 rings (SSSR count). The third-order valence-corrected chi connectivity index (χ3v) is 6.49. The van der Waals surface area contributed by atoms with Crippen LogP contribution in [-0.4, -0.2) is 27.4 Å². The van der Waals surface area contributed by atoms with Crippen LogP contribution in [-0.2, 0) is 21.2 Å². The van der Waals surface area contributed by atoms with Gasteiger partial charge in [-0.2, -0.15) is 0 Å². The van der Waals surface area contributed by atoms with E-state index in [1.165, 1.54) is 12.5 Å². The van der Waals surface area contributed by atoms with E-state index in [1.807, 2.05) is 18.2 Å². The number of hydrogen-bond donors (Lipinski definition) is 2. The van der Waals surface area contributed by atoms with E-state index in [2.05, 4.69) is 14.9 Å². The maximum atomic E-state index is 13.0. The van der Waals surface area contributed by atoms with Gasteiger partial charge in [0.05, 0.1) is 16.3 Å². The number of aryl methyl sites for hydroxylation is 1. The van der Waals surface area contributed by atoms with E-state index in [0.717, 1.165) is 37.2 Å². The predicted octanol–water partition coefficient (Wildman–Crippen LogP) is 3.36. The van der Waals surface area contributed by atoms with Crippen LogP contribution in [0.25, 0.3) is 0 Å². The zero-order valence-electron chi connectivity index (χ0n) is 15.1. The van der Waals surface area contributed by atoms with Crippen molar-refractivity contribution in [3.05, 3.63) is 48.0 Å². The van der Waals surface area contributed by atoms with Crippen molar-refractivity contribution < 1.29 is 13.2 Å². The van der Waals surface area contributed by atoms with E-state index >= 15 is 0 Å². The van der Waals surface area contributed by atoms with Gasteiger partial charge in [-0.15, -0.1) is 0 Å². The summed E-state index contributed by atoms with van der Waals surface area (Å²) in [5, 5.41) is 2.78. The predicted molar refractivity (Wildman–Crippen MR) is 107 cm³/mol. The van der Waals surface area contributed by atoms with Crippen LogP contribution in [0.5, 0.6) is 0 Å². The maximum absolute atomic E-state index is 13.0. The molecule has 0 aliphatic carbocycles. The van der Waals surface area contributed by atoms with E-state index in [9.17, 15) is 13.2 Å². The van der Waals surface area contributed by atoms with Gasteiger partial charge in [-0.1, -0.05) is 12.1 Å². The lowest BCUT2D eigenvalue weighted by molar-refractivity contribution is -0.116. The molecule has 6 nitrogen and oxygen atoms in total. The van der Waals surface area contributed by atoms with Gasteiger partial charge in [-0.25, -0.2) is 8.42 Å². The van der Waals surface area contributed by atoms with Crippen molar-refractivity contribution in [1.82, 2.24) is 0 Å². The number of hydrogen-bond acceptors (Lipinski definition) is 4. The molecule has 0 aromatic heterocycles. The molecule has 142 valence electrons. The standard InChI is InChI=1S/C20H23N3O3S/c24-20-11-8-15-14-16(9-10-17(15)21-20)27(25,26)22-18-6-2-3-7-19(18)23-12-4-1-5-13-23/h2-3,6-7,9-10,14,22H,1,4-5,8,11-13H2,(H,21,24). The van der Waals surface area contributed by atoms with E-state index in [-0.39, 0.29) is 10.8 Å². The van der Waals surface area contributed by atoms with E-state index in [1.54, 1.807) is 18.2 Å². The van der Waals surface area contributed by atoms with Crippen LogP contribution in [0.3, 0.4) is 0 Å². The van der Waals surface area contributed by atoms with E-state index in [4.69, 9.17) is 0 Å². The second-order valence-electron chi connectivity index (χ2n) is 7.04. The van der Waals surface area contributed by atoms with Crippen molar-refractivity contribution >= 4 is 33.0 Å². The number of fused-ring (bicyclic) bond motifs is 1. The summed E-state index contributed by atoms with van der Waals surface area (Å²) in [5.41, 5.74) is 3.07. The molecule has 0 radical (unpaired) electrons. The highest BCUT2D eigenvalue weighted by Crippen LogP contribution is 2.31. The number of nitrogens with one attached hydrogen (secondary N) is 2. The molecular weight excluding hydrogens is 362 g/mol. The van der Waals surface area contributed by atoms with Crippen molar-refractivity contribution in [1.29, 1.82) is 0 Å². The van der Waals surface area contributed by atoms with Crippen molar-refractivity contribution in [2.75, 3.05) is 28.0 Å². The van der Waals surface area contributed by atoms with Gasteiger partial charge in [0, 0.05) is 25.2 Å². The van der Waals surface area contributed by atoms with Crippen LogP contribution in [0, 0.1) is 0 Å². The van der Waals surface area contributed by atoms with Crippen molar-refractivity contribution in [2.45, 2.75) is 37.0 Å². The third kappa shape index (κ3) is 3.78. The number of sulfonamides is 1. The van der Waals surface area contributed by atoms with Crippen LogP contribution in [0.4, 0.5) is 17.1 Å². The topological polar surface area (TPSA) is 78.5 Å². The van der Waals surface area contributed by atoms with Crippen LogP contribution in [0.15, 0.2) is 47.4 Å². The molecule has 1 fully saturated rings. The summed E-state index contributed by atoms with van der Waals surface area (Å²) in [6, 6.07) is 12.4. The Bertz CT molecular complexity index is 966. The second-order valence-corrected chi connectivity index (χ2v) is 8.72. The molecule has 7 heteroatoms. The summed E-state index contributed by atoms with van der Waals surface area (Å²) in [5.74, 6) is -0.0355. The van der Waals surface area contributed by atoms with Crippen molar-refractivity contribution in [2.24, 2.45) is 0 Å². The Morgan fingerprint density at radius 2 is 1.74 bits per heavy atom. The molecular formula is C20H23N3O3S. The minimum absolute atomic E-state index is 0.0355. The second kappa shape index (κ2) is 7.23. The first-order valence-corrected chi connectivity index (χ1v) is 10.8. The summed E-state index contributed by atoms with van der Waals surface area (Å²) >= 11 is 0. The average molecular weight is 385 g/mol. The molecule has 0 atom stereocenters. The van der Waals surface area contributed by atoms with Crippen molar-refractivity contribution in [3.8, 4) is 0 Å². The fraction of sp³-hybridized carbons (Fsp3) is 0.350. The quantitative estimate of drug-likeness (QED) is 0.846. The van der Waals surface area contributed by atoms with Gasteiger partial charge in [0.15, 0.2) is 0 Å². The van der Waals surface area contributed by atoms with Gasteiger partial charge in [0.1, 0.15) is 0 Å². The lowest BCUT2D eigenvalue weighted by Gasteiger charge is -2.30. The highest BCUT2D eigenvalue weighted by atomic mass is 32.2. The molecule has 2 heterocycles. The normalized spacial score (nSPS) is 17.2. The number of carbonyl (C=O) groups excluding carboxylic acids is 1. The number of rotatable bonds is 4. The summed E-state index contributed by atoms with van der Waals surface area (Å²) < 4.78 is 28.7. The van der Waals surface area contributed by atoms with E-state index in [0.29, 0.717) is 24.2 Å². The number of piperidine rings is 1. The number of para-hydroxylation sites is 2. The molecule has 2 aromatic carbocycles. The van der Waals surface area contributed by atoms with E-state index < -0.39 is 10.0 Å². The Balaban J connectivity index is 1.62. The Labute approximate surface area is 159 Å². The number of amides is 1. The summed E-state index contributed by atoms with van der Waals surface area (Å²) in [4.78, 5) is 13.9. The van der Waals surface area contributed by atoms with Crippen LogP contribution in [0.2, 0.25) is 0 Å². The Hall–Kier alpha value is -2.54. The minimum atomic E-state index is -3.71. The molecule has 2 aliphatic heterocycles. The zero-order valence-corrected chi connectivity index (χ0v) is 15.9. The van der Waals surface area contributed by atoms with Gasteiger partial charge >= 0.3 is 0 Å². The molecule has 0 spiro atoms. The number of benzene rings is 2. The fourth-order valence-corrected chi connectivity index (χ4v) is 4.83. The first-order valence-electron chi connectivity index (χ1n) is 9.32. The van der Waals surface area contributed by atoms with Crippen LogP contribution < -0.4 is 14.9 Å². The van der Waals surface area contributed by atoms with Crippen LogP contribution in [0.1, 0.15) is 31.2 Å².